The lowest BCUT2D eigenvalue weighted by Crippen LogP contribution is -2.09. The first-order valence-corrected chi connectivity index (χ1v) is 15.1. The molecule has 1 aliphatic heterocycles. The predicted molar refractivity (Wildman–Crippen MR) is 184 cm³/mol. The lowest BCUT2D eigenvalue weighted by atomic mass is 10.1. The topological polar surface area (TPSA) is 35.1 Å². The Hall–Kier alpha value is -5.74. The summed E-state index contributed by atoms with van der Waals surface area (Å²) >= 11 is 0. The van der Waals surface area contributed by atoms with Gasteiger partial charge in [-0.1, -0.05) is 115 Å². The fourth-order valence-electron chi connectivity index (χ4n) is 6.91. The third-order valence-electron chi connectivity index (χ3n) is 8.84. The van der Waals surface area contributed by atoms with Gasteiger partial charge in [0.2, 0.25) is 0 Å². The molecule has 4 nitrogen and oxygen atoms in total. The maximum Gasteiger partial charge on any atom is 0.129 e. The number of benzene rings is 5. The minimum Gasteiger partial charge on any atom is -0.315 e. The summed E-state index contributed by atoms with van der Waals surface area (Å²) in [6, 6.07) is 47.5. The Morgan fingerprint density at radius 3 is 1.75 bits per heavy atom. The van der Waals surface area contributed by atoms with Crippen LogP contribution in [0.2, 0.25) is 0 Å². The number of fused-ring (bicyclic) bond motifs is 7. The highest BCUT2D eigenvalue weighted by Crippen LogP contribution is 2.43. The minimum absolute atomic E-state index is 0.0170. The average Bonchev–Trinajstić information content (AvgIpc) is 3.62. The normalized spacial score (nSPS) is 14.8. The number of allylic oxidation sites excluding steroid dienone is 1. The average molecular weight is 565 g/mol. The quantitative estimate of drug-likeness (QED) is 0.209. The molecule has 0 amide bonds. The lowest BCUT2D eigenvalue weighted by molar-refractivity contribution is 0.563. The second kappa shape index (κ2) is 9.92. The molecule has 0 spiro atoms. The van der Waals surface area contributed by atoms with Gasteiger partial charge in [-0.25, -0.2) is 4.98 Å². The molecule has 44 heavy (non-hydrogen) atoms. The fourth-order valence-corrected chi connectivity index (χ4v) is 6.91. The van der Waals surface area contributed by atoms with Crippen LogP contribution in [0.25, 0.3) is 71.8 Å². The molecule has 4 heteroatoms. The van der Waals surface area contributed by atoms with E-state index in [-0.39, 0.29) is 6.17 Å². The number of hydrogen-bond acceptors (Lipinski definition) is 2. The second-order valence-electron chi connectivity index (χ2n) is 11.4. The molecule has 208 valence electrons. The third-order valence-corrected chi connectivity index (χ3v) is 8.84. The summed E-state index contributed by atoms with van der Waals surface area (Å²) in [5.41, 5.74) is 9.93. The van der Waals surface area contributed by atoms with Gasteiger partial charge < -0.3 is 9.13 Å². The molecule has 9 rings (SSSR count). The van der Waals surface area contributed by atoms with Crippen LogP contribution in [0.4, 0.5) is 0 Å². The number of para-hydroxylation sites is 2. The molecule has 5 aromatic carbocycles. The molecule has 1 aliphatic rings. The van der Waals surface area contributed by atoms with Crippen LogP contribution in [-0.2, 0) is 0 Å². The standard InChI is InChI=1S/C40H28N4/c1-3-13-27(14-4-1)34-25-29(26-35(42-34)28-15-5-2-6-16-28)43-36-19-9-7-17-30(36)32-22-23-33-31-18-8-10-20-37(31)44(40(33)39(32)43)38-21-11-12-24-41-38/h1-20,22-26,38H,21H2. The summed E-state index contributed by atoms with van der Waals surface area (Å²) in [5, 5.41) is 4.94. The van der Waals surface area contributed by atoms with Gasteiger partial charge in [-0.2, -0.15) is 0 Å². The molecule has 0 N–H and O–H groups in total. The van der Waals surface area contributed by atoms with E-state index in [0.29, 0.717) is 0 Å². The first kappa shape index (κ1) is 24.8. The van der Waals surface area contributed by atoms with Crippen molar-refractivity contribution in [3.63, 3.8) is 0 Å². The van der Waals surface area contributed by atoms with Gasteiger partial charge in [-0.15, -0.1) is 0 Å². The Morgan fingerprint density at radius 2 is 1.11 bits per heavy atom. The van der Waals surface area contributed by atoms with Gasteiger partial charge in [0.25, 0.3) is 0 Å². The zero-order chi connectivity index (χ0) is 29.0. The molecular formula is C40H28N4. The van der Waals surface area contributed by atoms with E-state index < -0.39 is 0 Å². The van der Waals surface area contributed by atoms with Crippen molar-refractivity contribution in [3.8, 4) is 28.2 Å². The molecule has 8 aromatic rings. The number of aromatic nitrogens is 3. The van der Waals surface area contributed by atoms with Crippen molar-refractivity contribution in [2.45, 2.75) is 12.6 Å². The Balaban J connectivity index is 1.45. The molecule has 4 heterocycles. The summed E-state index contributed by atoms with van der Waals surface area (Å²) in [4.78, 5) is 10.2. The summed E-state index contributed by atoms with van der Waals surface area (Å²) in [7, 11) is 0. The Morgan fingerprint density at radius 1 is 0.545 bits per heavy atom. The summed E-state index contributed by atoms with van der Waals surface area (Å²) < 4.78 is 4.91. The van der Waals surface area contributed by atoms with E-state index in [1.807, 2.05) is 12.3 Å². The highest BCUT2D eigenvalue weighted by molar-refractivity contribution is 6.23. The molecule has 1 atom stereocenters. The predicted octanol–water partition coefficient (Wildman–Crippen LogP) is 10.1. The van der Waals surface area contributed by atoms with E-state index >= 15 is 0 Å². The number of nitrogens with zero attached hydrogens (tertiary/aromatic N) is 4. The third kappa shape index (κ3) is 3.78. The first-order valence-electron chi connectivity index (χ1n) is 15.1. The van der Waals surface area contributed by atoms with Gasteiger partial charge in [0.05, 0.1) is 39.1 Å². The van der Waals surface area contributed by atoms with Crippen molar-refractivity contribution in [1.82, 2.24) is 14.1 Å². The van der Waals surface area contributed by atoms with Gasteiger partial charge in [-0.3, -0.25) is 4.99 Å². The summed E-state index contributed by atoms with van der Waals surface area (Å²) in [6.45, 7) is 0. The van der Waals surface area contributed by atoms with Gasteiger partial charge >= 0.3 is 0 Å². The fraction of sp³-hybridized carbons (Fsp3) is 0.0500. The smallest absolute Gasteiger partial charge is 0.129 e. The monoisotopic (exact) mass is 564 g/mol. The van der Waals surface area contributed by atoms with Crippen LogP contribution in [-0.4, -0.2) is 20.3 Å². The van der Waals surface area contributed by atoms with Crippen LogP contribution >= 0.6 is 0 Å². The van der Waals surface area contributed by atoms with E-state index in [1.54, 1.807) is 0 Å². The molecule has 0 radical (unpaired) electrons. The maximum absolute atomic E-state index is 5.19. The largest absolute Gasteiger partial charge is 0.315 e. The van der Waals surface area contributed by atoms with E-state index in [0.717, 1.165) is 34.6 Å². The van der Waals surface area contributed by atoms with Crippen LogP contribution in [0.15, 0.2) is 151 Å². The van der Waals surface area contributed by atoms with Gasteiger partial charge in [0.15, 0.2) is 0 Å². The van der Waals surface area contributed by atoms with Crippen LogP contribution in [0.3, 0.4) is 0 Å². The summed E-state index contributed by atoms with van der Waals surface area (Å²) in [5.74, 6) is 0. The Bertz CT molecular complexity index is 2350. The lowest BCUT2D eigenvalue weighted by Gasteiger charge is -2.19. The van der Waals surface area contributed by atoms with Gasteiger partial charge in [-0.05, 0) is 30.3 Å². The molecule has 0 saturated heterocycles. The zero-order valence-electron chi connectivity index (χ0n) is 24.0. The number of dihydropyridines is 1. The Kier molecular flexibility index (Phi) is 5.60. The molecule has 1 unspecified atom stereocenters. The first-order chi connectivity index (χ1) is 21.8. The summed E-state index contributed by atoms with van der Waals surface area (Å²) in [6.07, 6.45) is 7.04. The van der Waals surface area contributed by atoms with E-state index in [1.165, 1.54) is 43.6 Å². The number of aliphatic imine (C=N–C) groups is 1. The minimum atomic E-state index is -0.0170. The second-order valence-corrected chi connectivity index (χ2v) is 11.4. The maximum atomic E-state index is 5.19. The number of rotatable bonds is 4. The van der Waals surface area contributed by atoms with E-state index in [4.69, 9.17) is 9.98 Å². The van der Waals surface area contributed by atoms with E-state index in [9.17, 15) is 0 Å². The van der Waals surface area contributed by atoms with Crippen molar-refractivity contribution < 1.29 is 0 Å². The van der Waals surface area contributed by atoms with Crippen LogP contribution in [0, 0.1) is 0 Å². The Labute approximate surface area is 254 Å². The molecule has 0 saturated carbocycles. The number of hydrogen-bond donors (Lipinski definition) is 0. The SMILES string of the molecule is C1=CCC(n2c3ccccc3c3ccc4c5ccccc5n(-c5cc(-c6ccccc6)nc(-c6ccccc6)c5)c4c32)N=C1. The number of pyridine rings is 1. The molecular weight excluding hydrogens is 536 g/mol. The van der Waals surface area contributed by atoms with Crippen LogP contribution < -0.4 is 0 Å². The van der Waals surface area contributed by atoms with Crippen molar-refractivity contribution in [2.75, 3.05) is 0 Å². The molecule has 0 bridgehead atoms. The highest BCUT2D eigenvalue weighted by Gasteiger charge is 2.24. The molecule has 0 aliphatic carbocycles. The highest BCUT2D eigenvalue weighted by atomic mass is 15.1. The zero-order valence-corrected chi connectivity index (χ0v) is 24.0. The van der Waals surface area contributed by atoms with Crippen molar-refractivity contribution in [1.29, 1.82) is 0 Å². The van der Waals surface area contributed by atoms with Crippen LogP contribution in [0.1, 0.15) is 12.6 Å². The molecule has 0 fully saturated rings. The van der Waals surface area contributed by atoms with Gasteiger partial charge in [0.1, 0.15) is 6.17 Å². The van der Waals surface area contributed by atoms with Crippen molar-refractivity contribution in [2.24, 2.45) is 4.99 Å². The molecule has 3 aromatic heterocycles. The van der Waals surface area contributed by atoms with Gasteiger partial charge in [0, 0.05) is 45.3 Å². The van der Waals surface area contributed by atoms with Crippen molar-refractivity contribution in [3.05, 3.63) is 146 Å². The van der Waals surface area contributed by atoms with E-state index in [2.05, 4.69) is 149 Å². The van der Waals surface area contributed by atoms with Crippen molar-refractivity contribution >= 4 is 49.8 Å². The van der Waals surface area contributed by atoms with Crippen LogP contribution in [0.5, 0.6) is 0 Å².